The van der Waals surface area contributed by atoms with E-state index in [-0.39, 0.29) is 17.6 Å². The van der Waals surface area contributed by atoms with E-state index < -0.39 is 10.0 Å². The molecule has 1 aliphatic heterocycles. The van der Waals surface area contributed by atoms with Gasteiger partial charge in [-0.15, -0.1) is 0 Å². The van der Waals surface area contributed by atoms with Gasteiger partial charge in [-0.1, -0.05) is 29.8 Å². The van der Waals surface area contributed by atoms with E-state index >= 15 is 0 Å². The zero-order chi connectivity index (χ0) is 15.6. The third-order valence-electron chi connectivity index (χ3n) is 3.88. The average molecular weight is 310 g/mol. The van der Waals surface area contributed by atoms with Crippen LogP contribution >= 0.6 is 0 Å². The monoisotopic (exact) mass is 310 g/mol. The zero-order valence-corrected chi connectivity index (χ0v) is 13.6. The number of hydrogen-bond acceptors (Lipinski definition) is 3. The van der Waals surface area contributed by atoms with Crippen LogP contribution in [0.2, 0.25) is 0 Å². The molecule has 0 aliphatic carbocycles. The molecule has 1 amide bonds. The van der Waals surface area contributed by atoms with Crippen molar-refractivity contribution < 1.29 is 13.2 Å². The fraction of sp³-hybridized carbons (Fsp3) is 0.533. The van der Waals surface area contributed by atoms with E-state index in [9.17, 15) is 13.2 Å². The lowest BCUT2D eigenvalue weighted by Crippen LogP contribution is -2.33. The summed E-state index contributed by atoms with van der Waals surface area (Å²) in [6, 6.07) is 7.51. The van der Waals surface area contributed by atoms with Gasteiger partial charge in [-0.25, -0.2) is 12.7 Å². The number of hydrogen-bond donors (Lipinski definition) is 0. The van der Waals surface area contributed by atoms with Gasteiger partial charge in [0.25, 0.3) is 0 Å². The van der Waals surface area contributed by atoms with Gasteiger partial charge in [0, 0.05) is 33.6 Å². The lowest BCUT2D eigenvalue weighted by molar-refractivity contribution is -0.126. The molecule has 1 saturated heterocycles. The summed E-state index contributed by atoms with van der Waals surface area (Å²) in [5.41, 5.74) is 1.89. The molecule has 0 N–H and O–H groups in total. The van der Waals surface area contributed by atoms with E-state index in [1.165, 1.54) is 4.31 Å². The summed E-state index contributed by atoms with van der Waals surface area (Å²) in [5.74, 6) is 0.171. The van der Waals surface area contributed by atoms with Crippen LogP contribution in [0.4, 0.5) is 0 Å². The van der Waals surface area contributed by atoms with E-state index in [2.05, 4.69) is 0 Å². The molecule has 5 nitrogen and oxygen atoms in total. The number of aryl methyl sites for hydroxylation is 1. The Morgan fingerprint density at radius 3 is 2.43 bits per heavy atom. The molecule has 0 aromatic heterocycles. The van der Waals surface area contributed by atoms with Gasteiger partial charge in [-0.05, 0) is 18.4 Å². The summed E-state index contributed by atoms with van der Waals surface area (Å²) in [6.45, 7) is 2.99. The van der Waals surface area contributed by atoms with E-state index in [0.717, 1.165) is 11.1 Å². The van der Waals surface area contributed by atoms with Gasteiger partial charge in [0.05, 0.1) is 5.75 Å². The van der Waals surface area contributed by atoms with E-state index in [0.29, 0.717) is 19.5 Å². The van der Waals surface area contributed by atoms with Crippen LogP contribution in [-0.2, 0) is 20.6 Å². The van der Waals surface area contributed by atoms with Crippen molar-refractivity contribution in [1.82, 2.24) is 9.21 Å². The molecular formula is C15H22N2O3S. The zero-order valence-electron chi connectivity index (χ0n) is 12.7. The minimum absolute atomic E-state index is 0.000283. The Kier molecular flexibility index (Phi) is 4.68. The molecule has 1 aliphatic rings. The van der Waals surface area contributed by atoms with Gasteiger partial charge in [0.15, 0.2) is 0 Å². The molecule has 1 aromatic carbocycles. The van der Waals surface area contributed by atoms with Crippen molar-refractivity contribution in [3.63, 3.8) is 0 Å². The second-order valence-electron chi connectivity index (χ2n) is 5.87. The fourth-order valence-electron chi connectivity index (χ4n) is 2.56. The minimum Gasteiger partial charge on any atom is -0.345 e. The van der Waals surface area contributed by atoms with E-state index in [4.69, 9.17) is 0 Å². The predicted molar refractivity (Wildman–Crippen MR) is 82.2 cm³/mol. The Labute approximate surface area is 126 Å². The Balaban J connectivity index is 1.98. The smallest absolute Gasteiger partial charge is 0.222 e. The van der Waals surface area contributed by atoms with Crippen molar-refractivity contribution in [2.24, 2.45) is 5.92 Å². The number of carbonyl (C=O) groups excluding carboxylic acids is 1. The van der Waals surface area contributed by atoms with Crippen LogP contribution in [0.25, 0.3) is 0 Å². The van der Waals surface area contributed by atoms with Gasteiger partial charge in [-0.2, -0.15) is 0 Å². The molecule has 2 rings (SSSR count). The molecule has 0 radical (unpaired) electrons. The van der Waals surface area contributed by atoms with Crippen LogP contribution in [0, 0.1) is 12.8 Å². The number of benzene rings is 1. The standard InChI is InChI=1S/C15H22N2O3S/c1-12-4-6-13(7-5-12)11-21(19,20)17(3)10-14-8-15(18)16(2)9-14/h4-7,14H,8-11H2,1-3H3. The molecule has 1 fully saturated rings. The third kappa shape index (κ3) is 4.04. The lowest BCUT2D eigenvalue weighted by atomic mass is 10.1. The maximum atomic E-state index is 12.4. The Bertz CT molecular complexity index is 610. The van der Waals surface area contributed by atoms with Crippen molar-refractivity contribution in [2.45, 2.75) is 19.1 Å². The first-order valence-corrected chi connectivity index (χ1v) is 8.62. The van der Waals surface area contributed by atoms with E-state index in [1.54, 1.807) is 19.0 Å². The van der Waals surface area contributed by atoms with Crippen molar-refractivity contribution >= 4 is 15.9 Å². The fourth-order valence-corrected chi connectivity index (χ4v) is 3.83. The highest BCUT2D eigenvalue weighted by atomic mass is 32.2. The van der Waals surface area contributed by atoms with Crippen LogP contribution in [0.1, 0.15) is 17.5 Å². The minimum atomic E-state index is -3.35. The Morgan fingerprint density at radius 2 is 1.90 bits per heavy atom. The summed E-state index contributed by atoms with van der Waals surface area (Å²) < 4.78 is 26.1. The number of rotatable bonds is 5. The first-order valence-electron chi connectivity index (χ1n) is 7.01. The summed E-state index contributed by atoms with van der Waals surface area (Å²) in [6.07, 6.45) is 0.431. The highest BCUT2D eigenvalue weighted by Crippen LogP contribution is 2.19. The summed E-state index contributed by atoms with van der Waals surface area (Å²) in [7, 11) is -0.00239. The lowest BCUT2D eigenvalue weighted by Gasteiger charge is -2.20. The van der Waals surface area contributed by atoms with Crippen LogP contribution in [0.15, 0.2) is 24.3 Å². The van der Waals surface area contributed by atoms with Crippen molar-refractivity contribution in [3.8, 4) is 0 Å². The number of sulfonamides is 1. The molecule has 1 aromatic rings. The maximum Gasteiger partial charge on any atom is 0.222 e. The first-order chi connectivity index (χ1) is 9.78. The van der Waals surface area contributed by atoms with Crippen LogP contribution in [0.5, 0.6) is 0 Å². The van der Waals surface area contributed by atoms with E-state index in [1.807, 2.05) is 31.2 Å². The molecule has 0 saturated carbocycles. The molecule has 6 heteroatoms. The van der Waals surface area contributed by atoms with Crippen LogP contribution in [-0.4, -0.2) is 50.7 Å². The summed E-state index contributed by atoms with van der Waals surface area (Å²) in [5, 5.41) is 0. The van der Waals surface area contributed by atoms with Crippen molar-refractivity contribution in [3.05, 3.63) is 35.4 Å². The second kappa shape index (κ2) is 6.15. The van der Waals surface area contributed by atoms with Gasteiger partial charge < -0.3 is 4.90 Å². The number of carbonyl (C=O) groups is 1. The summed E-state index contributed by atoms with van der Waals surface area (Å²) >= 11 is 0. The van der Waals surface area contributed by atoms with Crippen LogP contribution < -0.4 is 0 Å². The molecule has 1 heterocycles. The predicted octanol–water partition coefficient (Wildman–Crippen LogP) is 1.23. The topological polar surface area (TPSA) is 57.7 Å². The third-order valence-corrected chi connectivity index (χ3v) is 5.68. The second-order valence-corrected chi connectivity index (χ2v) is 7.94. The number of likely N-dealkylation sites (tertiary alicyclic amines) is 1. The van der Waals surface area contributed by atoms with Gasteiger partial charge >= 0.3 is 0 Å². The summed E-state index contributed by atoms with van der Waals surface area (Å²) in [4.78, 5) is 13.2. The molecule has 21 heavy (non-hydrogen) atoms. The largest absolute Gasteiger partial charge is 0.345 e. The van der Waals surface area contributed by atoms with Gasteiger partial charge in [0.1, 0.15) is 0 Å². The Hall–Kier alpha value is -1.40. The molecule has 1 atom stereocenters. The molecule has 116 valence electrons. The van der Waals surface area contributed by atoms with Crippen molar-refractivity contribution in [1.29, 1.82) is 0 Å². The SMILES string of the molecule is Cc1ccc(CS(=O)(=O)N(C)CC2CC(=O)N(C)C2)cc1. The number of nitrogens with zero attached hydrogens (tertiary/aromatic N) is 2. The molecule has 0 bridgehead atoms. The van der Waals surface area contributed by atoms with Crippen LogP contribution in [0.3, 0.4) is 0 Å². The van der Waals surface area contributed by atoms with Gasteiger partial charge in [0.2, 0.25) is 15.9 Å². The van der Waals surface area contributed by atoms with Crippen molar-refractivity contribution in [2.75, 3.05) is 27.2 Å². The normalized spacial score (nSPS) is 19.5. The molecular weight excluding hydrogens is 288 g/mol. The Morgan fingerprint density at radius 1 is 1.29 bits per heavy atom. The first kappa shape index (κ1) is 16.0. The van der Waals surface area contributed by atoms with Gasteiger partial charge in [-0.3, -0.25) is 4.79 Å². The average Bonchev–Trinajstić information content (AvgIpc) is 2.71. The molecule has 1 unspecified atom stereocenters. The number of amides is 1. The quantitative estimate of drug-likeness (QED) is 0.822. The highest BCUT2D eigenvalue weighted by Gasteiger charge is 2.30. The maximum absolute atomic E-state index is 12.4. The molecule has 0 spiro atoms. The highest BCUT2D eigenvalue weighted by molar-refractivity contribution is 7.88.